The van der Waals surface area contributed by atoms with Gasteiger partial charge in [0.05, 0.1) is 5.54 Å². The molecule has 5 heteroatoms. The van der Waals surface area contributed by atoms with Gasteiger partial charge in [-0.1, -0.05) is 6.92 Å². The first-order valence-corrected chi connectivity index (χ1v) is 7.29. The lowest BCUT2D eigenvalue weighted by atomic mass is 9.91. The van der Waals surface area contributed by atoms with Crippen LogP contribution in [-0.2, 0) is 4.79 Å². The number of nitrogens with two attached hydrogens (primary N) is 1. The van der Waals surface area contributed by atoms with Crippen molar-refractivity contribution in [3.63, 3.8) is 0 Å². The number of amides is 1. The molecule has 0 aromatic heterocycles. The molecular weight excluding hydrogens is 240 g/mol. The quantitative estimate of drug-likeness (QED) is 0.726. The molecule has 0 radical (unpaired) electrons. The summed E-state index contributed by atoms with van der Waals surface area (Å²) in [7, 11) is 2.16. The number of rotatable bonds is 6. The maximum absolute atomic E-state index is 11.7. The zero-order valence-corrected chi connectivity index (χ0v) is 13.1. The summed E-state index contributed by atoms with van der Waals surface area (Å²) in [5.74, 6) is -0.261. The third-order valence-electron chi connectivity index (χ3n) is 4.26. The highest BCUT2D eigenvalue weighted by atomic mass is 16.1. The van der Waals surface area contributed by atoms with Gasteiger partial charge in [-0.25, -0.2) is 0 Å². The molecule has 1 saturated heterocycles. The summed E-state index contributed by atoms with van der Waals surface area (Å²) in [5, 5.41) is 3.24. The molecule has 0 aromatic carbocycles. The first-order chi connectivity index (χ1) is 8.80. The van der Waals surface area contributed by atoms with Crippen LogP contribution >= 0.6 is 0 Å². The zero-order chi connectivity index (χ0) is 14.6. The number of likely N-dealkylation sites (N-methyl/N-ethyl adjacent to an activating group) is 2. The number of nitrogens with one attached hydrogen (secondary N) is 1. The van der Waals surface area contributed by atoms with E-state index in [1.807, 2.05) is 13.8 Å². The Labute approximate surface area is 117 Å². The van der Waals surface area contributed by atoms with Gasteiger partial charge in [0.1, 0.15) is 0 Å². The topological polar surface area (TPSA) is 61.6 Å². The second-order valence-electron chi connectivity index (χ2n) is 6.13. The Morgan fingerprint density at radius 1 is 1.53 bits per heavy atom. The van der Waals surface area contributed by atoms with Gasteiger partial charge in [0.15, 0.2) is 0 Å². The molecule has 1 heterocycles. The Morgan fingerprint density at radius 3 is 2.63 bits per heavy atom. The average molecular weight is 270 g/mol. The van der Waals surface area contributed by atoms with Crippen molar-refractivity contribution in [3.8, 4) is 0 Å². The van der Waals surface area contributed by atoms with Crippen LogP contribution in [-0.4, -0.2) is 66.6 Å². The van der Waals surface area contributed by atoms with E-state index in [1.54, 1.807) is 0 Å². The Morgan fingerprint density at radius 2 is 2.16 bits per heavy atom. The Balaban J connectivity index is 2.66. The van der Waals surface area contributed by atoms with Crippen molar-refractivity contribution in [2.75, 3.05) is 33.2 Å². The van der Waals surface area contributed by atoms with Gasteiger partial charge in [-0.3, -0.25) is 9.69 Å². The SMILES string of the molecule is CCNC(C)(CC(C)N1CCN(C)CC1C)C(N)=O. The Kier molecular flexibility index (Phi) is 5.77. The van der Waals surface area contributed by atoms with E-state index in [0.717, 1.165) is 32.6 Å². The monoisotopic (exact) mass is 270 g/mol. The standard InChI is InChI=1S/C14H30N4O/c1-6-16-14(4,13(15)19)9-11(2)18-8-7-17(5)10-12(18)3/h11-12,16H,6-10H2,1-5H3,(H2,15,19). The van der Waals surface area contributed by atoms with Crippen LogP contribution in [0.2, 0.25) is 0 Å². The summed E-state index contributed by atoms with van der Waals surface area (Å²) in [6.07, 6.45) is 0.754. The van der Waals surface area contributed by atoms with E-state index in [1.165, 1.54) is 0 Å². The average Bonchev–Trinajstić information content (AvgIpc) is 2.28. The van der Waals surface area contributed by atoms with Crippen molar-refractivity contribution in [2.45, 2.75) is 51.7 Å². The van der Waals surface area contributed by atoms with Crippen molar-refractivity contribution in [1.82, 2.24) is 15.1 Å². The molecule has 3 atom stereocenters. The molecule has 112 valence electrons. The maximum atomic E-state index is 11.7. The van der Waals surface area contributed by atoms with Crippen LogP contribution in [0.4, 0.5) is 0 Å². The summed E-state index contributed by atoms with van der Waals surface area (Å²) < 4.78 is 0. The second kappa shape index (κ2) is 6.68. The molecule has 1 aliphatic heterocycles. The van der Waals surface area contributed by atoms with E-state index in [2.05, 4.69) is 36.0 Å². The lowest BCUT2D eigenvalue weighted by Crippen LogP contribution is -2.59. The molecule has 5 nitrogen and oxygen atoms in total. The van der Waals surface area contributed by atoms with E-state index in [-0.39, 0.29) is 5.91 Å². The molecule has 3 unspecified atom stereocenters. The highest BCUT2D eigenvalue weighted by Gasteiger charge is 2.35. The summed E-state index contributed by atoms with van der Waals surface area (Å²) in [6.45, 7) is 12.3. The van der Waals surface area contributed by atoms with Gasteiger partial charge in [0.25, 0.3) is 0 Å². The van der Waals surface area contributed by atoms with Crippen molar-refractivity contribution in [3.05, 3.63) is 0 Å². The third-order valence-corrected chi connectivity index (χ3v) is 4.26. The van der Waals surface area contributed by atoms with Gasteiger partial charge in [0, 0.05) is 31.7 Å². The van der Waals surface area contributed by atoms with Gasteiger partial charge in [-0.15, -0.1) is 0 Å². The minimum Gasteiger partial charge on any atom is -0.368 e. The van der Waals surface area contributed by atoms with Crippen LogP contribution in [0.25, 0.3) is 0 Å². The summed E-state index contributed by atoms with van der Waals surface area (Å²) in [5.41, 5.74) is 4.95. The zero-order valence-electron chi connectivity index (χ0n) is 13.1. The van der Waals surface area contributed by atoms with Crippen LogP contribution in [0.1, 0.15) is 34.1 Å². The van der Waals surface area contributed by atoms with E-state index >= 15 is 0 Å². The molecule has 3 N–H and O–H groups in total. The molecule has 19 heavy (non-hydrogen) atoms. The smallest absolute Gasteiger partial charge is 0.237 e. The molecule has 0 aromatic rings. The highest BCUT2D eigenvalue weighted by molar-refractivity contribution is 5.84. The lowest BCUT2D eigenvalue weighted by molar-refractivity contribution is -0.124. The number of nitrogens with zero attached hydrogens (tertiary/aromatic N) is 2. The highest BCUT2D eigenvalue weighted by Crippen LogP contribution is 2.20. The predicted molar refractivity (Wildman–Crippen MR) is 79.0 cm³/mol. The predicted octanol–water partition coefficient (Wildman–Crippen LogP) is 0.254. The van der Waals surface area contributed by atoms with Crippen molar-refractivity contribution < 1.29 is 4.79 Å². The largest absolute Gasteiger partial charge is 0.368 e. The third kappa shape index (κ3) is 4.16. The molecule has 1 aliphatic rings. The minimum absolute atomic E-state index is 0.261. The van der Waals surface area contributed by atoms with Crippen LogP contribution in [0, 0.1) is 0 Å². The van der Waals surface area contributed by atoms with Gasteiger partial charge < -0.3 is 16.0 Å². The van der Waals surface area contributed by atoms with Crippen molar-refractivity contribution in [2.24, 2.45) is 5.73 Å². The summed E-state index contributed by atoms with van der Waals surface area (Å²) in [6, 6.07) is 0.868. The lowest BCUT2D eigenvalue weighted by Gasteiger charge is -2.44. The number of carbonyl (C=O) groups is 1. The summed E-state index contributed by atoms with van der Waals surface area (Å²) in [4.78, 5) is 16.5. The fourth-order valence-electron chi connectivity index (χ4n) is 3.17. The molecule has 1 fully saturated rings. The van der Waals surface area contributed by atoms with Crippen LogP contribution < -0.4 is 11.1 Å². The van der Waals surface area contributed by atoms with Gasteiger partial charge in [-0.2, -0.15) is 0 Å². The fourth-order valence-corrected chi connectivity index (χ4v) is 3.17. The molecule has 0 saturated carbocycles. The van der Waals surface area contributed by atoms with Crippen LogP contribution in [0.5, 0.6) is 0 Å². The van der Waals surface area contributed by atoms with Gasteiger partial charge >= 0.3 is 0 Å². The fraction of sp³-hybridized carbons (Fsp3) is 0.929. The molecule has 0 aliphatic carbocycles. The van der Waals surface area contributed by atoms with Crippen LogP contribution in [0.3, 0.4) is 0 Å². The van der Waals surface area contributed by atoms with Crippen LogP contribution in [0.15, 0.2) is 0 Å². The molecule has 1 rings (SSSR count). The first-order valence-electron chi connectivity index (χ1n) is 7.29. The van der Waals surface area contributed by atoms with Crippen molar-refractivity contribution in [1.29, 1.82) is 0 Å². The number of piperazine rings is 1. The Hall–Kier alpha value is -0.650. The molecular formula is C14H30N4O. The number of primary amides is 1. The van der Waals surface area contributed by atoms with Gasteiger partial charge in [-0.05, 0) is 40.8 Å². The van der Waals surface area contributed by atoms with E-state index < -0.39 is 5.54 Å². The first kappa shape index (κ1) is 16.4. The normalized spacial score (nSPS) is 26.9. The van der Waals surface area contributed by atoms with E-state index in [9.17, 15) is 4.79 Å². The number of hydrogen-bond donors (Lipinski definition) is 2. The molecule has 0 spiro atoms. The second-order valence-corrected chi connectivity index (χ2v) is 6.13. The number of hydrogen-bond acceptors (Lipinski definition) is 4. The van der Waals surface area contributed by atoms with Gasteiger partial charge in [0.2, 0.25) is 5.91 Å². The molecule has 1 amide bonds. The number of carbonyl (C=O) groups excluding carboxylic acids is 1. The minimum atomic E-state index is -0.614. The van der Waals surface area contributed by atoms with E-state index in [4.69, 9.17) is 5.73 Å². The summed E-state index contributed by atoms with van der Waals surface area (Å²) >= 11 is 0. The van der Waals surface area contributed by atoms with Crippen molar-refractivity contribution >= 4 is 5.91 Å². The maximum Gasteiger partial charge on any atom is 0.237 e. The Bertz CT molecular complexity index is 310. The molecule has 0 bridgehead atoms. The van der Waals surface area contributed by atoms with E-state index in [0.29, 0.717) is 12.1 Å².